The Morgan fingerprint density at radius 1 is 0.967 bits per heavy atom. The molecular weight excluding hydrogens is 386 g/mol. The van der Waals surface area contributed by atoms with Crippen molar-refractivity contribution in [3.05, 3.63) is 65.7 Å². The van der Waals surface area contributed by atoms with E-state index >= 15 is 0 Å². The molecule has 3 aromatic heterocycles. The maximum absolute atomic E-state index is 15.0. The standard InChI is InChI=1S/C23H22F2N4O/c1-4-14(5-2)19-6-7-20(28-27-19)22-17(24)8-15(10-21(22)30)16-9-18(25)23-26-13(3)11-29(23)12-16/h6-12,14,30H,4-5H2,1-3H3. The summed E-state index contributed by atoms with van der Waals surface area (Å²) in [6.45, 7) is 5.93. The van der Waals surface area contributed by atoms with Crippen molar-refractivity contribution < 1.29 is 13.9 Å². The SMILES string of the molecule is CCC(CC)c1ccc(-c2c(O)cc(-c3cc(F)c4nc(C)cn4c3)cc2F)nn1. The van der Waals surface area contributed by atoms with Crippen molar-refractivity contribution in [1.29, 1.82) is 0 Å². The van der Waals surface area contributed by atoms with Crippen LogP contribution in [-0.2, 0) is 0 Å². The maximum atomic E-state index is 15.0. The summed E-state index contributed by atoms with van der Waals surface area (Å²) in [6.07, 6.45) is 5.21. The second-order valence-electron chi connectivity index (χ2n) is 7.40. The molecule has 0 unspecified atom stereocenters. The van der Waals surface area contributed by atoms with Crippen LogP contribution in [0.2, 0.25) is 0 Å². The molecule has 154 valence electrons. The van der Waals surface area contributed by atoms with Gasteiger partial charge in [0.2, 0.25) is 0 Å². The first kappa shape index (κ1) is 19.9. The highest BCUT2D eigenvalue weighted by atomic mass is 19.1. The summed E-state index contributed by atoms with van der Waals surface area (Å²) in [5.41, 5.74) is 2.72. The molecule has 0 atom stereocenters. The Balaban J connectivity index is 1.74. The summed E-state index contributed by atoms with van der Waals surface area (Å²) in [5, 5.41) is 18.9. The van der Waals surface area contributed by atoms with Gasteiger partial charge in [-0.1, -0.05) is 13.8 Å². The highest BCUT2D eigenvalue weighted by Crippen LogP contribution is 2.36. The minimum absolute atomic E-state index is 0.0256. The number of hydrogen-bond acceptors (Lipinski definition) is 4. The second-order valence-corrected chi connectivity index (χ2v) is 7.40. The number of aromatic hydroxyl groups is 1. The number of rotatable bonds is 5. The first-order valence-corrected chi connectivity index (χ1v) is 9.93. The molecule has 30 heavy (non-hydrogen) atoms. The number of benzene rings is 1. The Labute approximate surface area is 173 Å². The molecule has 0 aliphatic carbocycles. The van der Waals surface area contributed by atoms with Crippen LogP contribution in [0.3, 0.4) is 0 Å². The number of phenolic OH excluding ortho intramolecular Hbond substituents is 1. The van der Waals surface area contributed by atoms with Gasteiger partial charge in [0.1, 0.15) is 11.6 Å². The molecule has 0 aliphatic heterocycles. The number of aryl methyl sites for hydroxylation is 1. The van der Waals surface area contributed by atoms with Gasteiger partial charge in [-0.3, -0.25) is 0 Å². The third-order valence-corrected chi connectivity index (χ3v) is 5.37. The van der Waals surface area contributed by atoms with E-state index in [9.17, 15) is 13.9 Å². The molecule has 7 heteroatoms. The summed E-state index contributed by atoms with van der Waals surface area (Å²) < 4.78 is 30.9. The molecule has 4 aromatic rings. The molecule has 0 amide bonds. The first-order chi connectivity index (χ1) is 14.4. The van der Waals surface area contributed by atoms with E-state index in [2.05, 4.69) is 29.0 Å². The molecule has 4 rings (SSSR count). The van der Waals surface area contributed by atoms with Crippen molar-refractivity contribution in [3.8, 4) is 28.1 Å². The van der Waals surface area contributed by atoms with Crippen molar-refractivity contribution in [2.24, 2.45) is 0 Å². The fourth-order valence-corrected chi connectivity index (χ4v) is 3.75. The van der Waals surface area contributed by atoms with Crippen molar-refractivity contribution in [2.45, 2.75) is 39.5 Å². The van der Waals surface area contributed by atoms with E-state index in [-0.39, 0.29) is 22.7 Å². The van der Waals surface area contributed by atoms with Gasteiger partial charge in [-0.15, -0.1) is 5.10 Å². The predicted octanol–water partition coefficient (Wildman–Crippen LogP) is 5.65. The lowest BCUT2D eigenvalue weighted by molar-refractivity contribution is 0.472. The molecule has 0 saturated carbocycles. The largest absolute Gasteiger partial charge is 0.507 e. The average molecular weight is 408 g/mol. The highest BCUT2D eigenvalue weighted by Gasteiger charge is 2.18. The number of phenols is 1. The first-order valence-electron chi connectivity index (χ1n) is 9.93. The summed E-state index contributed by atoms with van der Waals surface area (Å²) in [7, 11) is 0. The zero-order chi connectivity index (χ0) is 21.4. The van der Waals surface area contributed by atoms with E-state index in [4.69, 9.17) is 0 Å². The number of aromatic nitrogens is 4. The van der Waals surface area contributed by atoms with E-state index in [1.165, 1.54) is 18.2 Å². The summed E-state index contributed by atoms with van der Waals surface area (Å²) in [6, 6.07) is 7.42. The monoisotopic (exact) mass is 408 g/mol. The highest BCUT2D eigenvalue weighted by molar-refractivity contribution is 5.75. The van der Waals surface area contributed by atoms with Gasteiger partial charge in [-0.2, -0.15) is 5.10 Å². The predicted molar refractivity (Wildman–Crippen MR) is 111 cm³/mol. The van der Waals surface area contributed by atoms with Crippen LogP contribution >= 0.6 is 0 Å². The quantitative estimate of drug-likeness (QED) is 0.463. The van der Waals surface area contributed by atoms with Crippen LogP contribution < -0.4 is 0 Å². The fourth-order valence-electron chi connectivity index (χ4n) is 3.75. The number of nitrogens with zero attached hydrogens (tertiary/aromatic N) is 4. The van der Waals surface area contributed by atoms with Crippen LogP contribution in [0.5, 0.6) is 5.75 Å². The van der Waals surface area contributed by atoms with Crippen molar-refractivity contribution in [1.82, 2.24) is 19.6 Å². The molecular formula is C23H22F2N4O. The maximum Gasteiger partial charge on any atom is 0.173 e. The van der Waals surface area contributed by atoms with Crippen LogP contribution in [0.25, 0.3) is 28.0 Å². The van der Waals surface area contributed by atoms with Crippen LogP contribution in [-0.4, -0.2) is 24.7 Å². The van der Waals surface area contributed by atoms with Gasteiger partial charge >= 0.3 is 0 Å². The zero-order valence-corrected chi connectivity index (χ0v) is 17.0. The normalized spacial score (nSPS) is 11.5. The Kier molecular flexibility index (Phi) is 5.20. The Morgan fingerprint density at radius 2 is 1.70 bits per heavy atom. The van der Waals surface area contributed by atoms with Gasteiger partial charge in [0.15, 0.2) is 11.5 Å². The van der Waals surface area contributed by atoms with E-state index in [1.807, 2.05) is 6.07 Å². The van der Waals surface area contributed by atoms with Gasteiger partial charge in [0.25, 0.3) is 0 Å². The minimum atomic E-state index is -0.656. The zero-order valence-electron chi connectivity index (χ0n) is 17.0. The summed E-state index contributed by atoms with van der Waals surface area (Å²) in [5.74, 6) is -1.16. The van der Waals surface area contributed by atoms with E-state index < -0.39 is 11.6 Å². The number of hydrogen-bond donors (Lipinski definition) is 1. The topological polar surface area (TPSA) is 63.3 Å². The average Bonchev–Trinajstić information content (AvgIpc) is 3.10. The third-order valence-electron chi connectivity index (χ3n) is 5.37. The van der Waals surface area contributed by atoms with E-state index in [1.54, 1.807) is 29.8 Å². The van der Waals surface area contributed by atoms with E-state index in [0.29, 0.717) is 22.7 Å². The lowest BCUT2D eigenvalue weighted by atomic mass is 9.98. The Hall–Kier alpha value is -3.35. The molecule has 1 aromatic carbocycles. The Morgan fingerprint density at radius 3 is 2.33 bits per heavy atom. The molecule has 0 aliphatic rings. The summed E-state index contributed by atoms with van der Waals surface area (Å²) in [4.78, 5) is 4.12. The van der Waals surface area contributed by atoms with Crippen LogP contribution in [0.15, 0.2) is 42.7 Å². The number of pyridine rings is 1. The lowest BCUT2D eigenvalue weighted by Crippen LogP contribution is -2.02. The molecule has 0 bridgehead atoms. The Bertz CT molecular complexity index is 1190. The lowest BCUT2D eigenvalue weighted by Gasteiger charge is -2.12. The van der Waals surface area contributed by atoms with Crippen molar-refractivity contribution >= 4 is 5.65 Å². The number of imidazole rings is 1. The van der Waals surface area contributed by atoms with Gasteiger partial charge in [-0.25, -0.2) is 13.8 Å². The van der Waals surface area contributed by atoms with Crippen LogP contribution in [0, 0.1) is 18.6 Å². The molecule has 0 radical (unpaired) electrons. The molecule has 0 fully saturated rings. The molecule has 0 saturated heterocycles. The van der Waals surface area contributed by atoms with Crippen LogP contribution in [0.4, 0.5) is 8.78 Å². The molecule has 1 N–H and O–H groups in total. The van der Waals surface area contributed by atoms with Gasteiger partial charge in [0.05, 0.1) is 22.6 Å². The van der Waals surface area contributed by atoms with E-state index in [0.717, 1.165) is 18.5 Å². The van der Waals surface area contributed by atoms with Crippen molar-refractivity contribution in [2.75, 3.05) is 0 Å². The van der Waals surface area contributed by atoms with Crippen LogP contribution in [0.1, 0.15) is 44.0 Å². The smallest absolute Gasteiger partial charge is 0.173 e. The molecule has 5 nitrogen and oxygen atoms in total. The van der Waals surface area contributed by atoms with Gasteiger partial charge < -0.3 is 9.51 Å². The number of fused-ring (bicyclic) bond motifs is 1. The number of halogens is 2. The van der Waals surface area contributed by atoms with Gasteiger partial charge in [0, 0.05) is 23.9 Å². The van der Waals surface area contributed by atoms with Gasteiger partial charge in [-0.05, 0) is 55.7 Å². The van der Waals surface area contributed by atoms with Crippen molar-refractivity contribution in [3.63, 3.8) is 0 Å². The minimum Gasteiger partial charge on any atom is -0.507 e. The summed E-state index contributed by atoms with van der Waals surface area (Å²) >= 11 is 0. The second kappa shape index (κ2) is 7.82. The fraction of sp³-hybridized carbons (Fsp3) is 0.261. The molecule has 0 spiro atoms. The third kappa shape index (κ3) is 3.51. The molecule has 3 heterocycles.